The summed E-state index contributed by atoms with van der Waals surface area (Å²) in [6.45, 7) is 2.48. The lowest BCUT2D eigenvalue weighted by molar-refractivity contribution is 0.0951. The van der Waals surface area contributed by atoms with Crippen LogP contribution in [0, 0.1) is 6.92 Å². The minimum absolute atomic E-state index is 0.229. The molecule has 2 nitrogen and oxygen atoms in total. The van der Waals surface area contributed by atoms with Crippen LogP contribution in [0.2, 0.25) is 10.0 Å². The van der Waals surface area contributed by atoms with Crippen molar-refractivity contribution >= 4 is 29.1 Å². The van der Waals surface area contributed by atoms with Crippen molar-refractivity contribution in [2.45, 2.75) is 13.5 Å². The number of rotatable bonds is 3. The van der Waals surface area contributed by atoms with E-state index in [-0.39, 0.29) is 10.9 Å². The fourth-order valence-electron chi connectivity index (χ4n) is 1.66. The molecular formula is C15H13Cl2NO. The van der Waals surface area contributed by atoms with E-state index in [0.29, 0.717) is 17.1 Å². The summed E-state index contributed by atoms with van der Waals surface area (Å²) in [7, 11) is 0. The average molecular weight is 294 g/mol. The highest BCUT2D eigenvalue weighted by atomic mass is 35.5. The minimum atomic E-state index is -0.229. The lowest BCUT2D eigenvalue weighted by Crippen LogP contribution is -2.23. The van der Waals surface area contributed by atoms with Gasteiger partial charge in [-0.1, -0.05) is 59.1 Å². The second kappa shape index (κ2) is 6.09. The Morgan fingerprint density at radius 2 is 1.79 bits per heavy atom. The number of amides is 1. The van der Waals surface area contributed by atoms with E-state index >= 15 is 0 Å². The summed E-state index contributed by atoms with van der Waals surface area (Å²) in [5.41, 5.74) is 2.62. The molecule has 2 rings (SSSR count). The lowest BCUT2D eigenvalue weighted by Gasteiger charge is -2.08. The molecule has 0 saturated heterocycles. The largest absolute Gasteiger partial charge is 0.348 e. The van der Waals surface area contributed by atoms with Gasteiger partial charge >= 0.3 is 0 Å². The van der Waals surface area contributed by atoms with E-state index in [1.54, 1.807) is 18.2 Å². The van der Waals surface area contributed by atoms with E-state index in [1.165, 1.54) is 5.56 Å². The third kappa shape index (κ3) is 3.49. The van der Waals surface area contributed by atoms with Gasteiger partial charge in [0, 0.05) is 6.54 Å². The maximum atomic E-state index is 12.0. The van der Waals surface area contributed by atoms with Gasteiger partial charge in [0.1, 0.15) is 0 Å². The molecule has 0 unspecified atom stereocenters. The summed E-state index contributed by atoms with van der Waals surface area (Å²) in [6.07, 6.45) is 0. The molecule has 0 aliphatic heterocycles. The van der Waals surface area contributed by atoms with Crippen LogP contribution in [0.15, 0.2) is 42.5 Å². The first kappa shape index (κ1) is 13.9. The molecule has 1 amide bonds. The fraction of sp³-hybridized carbons (Fsp3) is 0.133. The van der Waals surface area contributed by atoms with Gasteiger partial charge in [-0.25, -0.2) is 0 Å². The van der Waals surface area contributed by atoms with E-state index in [9.17, 15) is 4.79 Å². The predicted octanol–water partition coefficient (Wildman–Crippen LogP) is 4.23. The Morgan fingerprint density at radius 1 is 1.11 bits per heavy atom. The molecule has 0 spiro atoms. The van der Waals surface area contributed by atoms with Crippen LogP contribution in [0.5, 0.6) is 0 Å². The molecule has 19 heavy (non-hydrogen) atoms. The zero-order chi connectivity index (χ0) is 13.8. The minimum Gasteiger partial charge on any atom is -0.348 e. The Labute approximate surface area is 122 Å². The first-order valence-electron chi connectivity index (χ1n) is 5.85. The SMILES string of the molecule is Cc1ccc(CNC(=O)c2cccc(Cl)c2Cl)cc1. The van der Waals surface area contributed by atoms with Gasteiger partial charge in [-0.3, -0.25) is 4.79 Å². The summed E-state index contributed by atoms with van der Waals surface area (Å²) in [6, 6.07) is 13.0. The highest BCUT2D eigenvalue weighted by Crippen LogP contribution is 2.25. The number of nitrogens with one attached hydrogen (secondary N) is 1. The molecule has 0 aromatic heterocycles. The molecule has 0 aliphatic rings. The third-order valence-electron chi connectivity index (χ3n) is 2.77. The standard InChI is InChI=1S/C15H13Cl2NO/c1-10-5-7-11(8-6-10)9-18-15(19)12-3-2-4-13(16)14(12)17/h2-8H,9H2,1H3,(H,18,19). The third-order valence-corrected chi connectivity index (χ3v) is 3.59. The smallest absolute Gasteiger partial charge is 0.253 e. The number of aryl methyl sites for hydroxylation is 1. The first-order valence-corrected chi connectivity index (χ1v) is 6.61. The van der Waals surface area contributed by atoms with E-state index in [2.05, 4.69) is 5.32 Å². The summed E-state index contributed by atoms with van der Waals surface area (Å²) < 4.78 is 0. The number of hydrogen-bond donors (Lipinski definition) is 1. The van der Waals surface area contributed by atoms with Crippen molar-refractivity contribution in [1.82, 2.24) is 5.32 Å². The summed E-state index contributed by atoms with van der Waals surface area (Å²) in [5.74, 6) is -0.229. The summed E-state index contributed by atoms with van der Waals surface area (Å²) >= 11 is 11.9. The van der Waals surface area contributed by atoms with Crippen LogP contribution < -0.4 is 5.32 Å². The predicted molar refractivity (Wildman–Crippen MR) is 78.8 cm³/mol. The van der Waals surface area contributed by atoms with Gasteiger partial charge in [-0.2, -0.15) is 0 Å². The Morgan fingerprint density at radius 3 is 2.47 bits per heavy atom. The number of hydrogen-bond acceptors (Lipinski definition) is 1. The van der Waals surface area contributed by atoms with Crippen LogP contribution in [-0.2, 0) is 6.54 Å². The molecule has 0 aliphatic carbocycles. The van der Waals surface area contributed by atoms with Crippen molar-refractivity contribution in [3.63, 3.8) is 0 Å². The Kier molecular flexibility index (Phi) is 4.46. The molecule has 0 bridgehead atoms. The molecular weight excluding hydrogens is 281 g/mol. The second-order valence-electron chi connectivity index (χ2n) is 4.27. The van der Waals surface area contributed by atoms with Gasteiger partial charge in [0.15, 0.2) is 0 Å². The van der Waals surface area contributed by atoms with Crippen molar-refractivity contribution in [1.29, 1.82) is 0 Å². The van der Waals surface area contributed by atoms with Crippen molar-refractivity contribution in [2.75, 3.05) is 0 Å². The molecule has 2 aromatic rings. The molecule has 0 saturated carbocycles. The fourth-order valence-corrected chi connectivity index (χ4v) is 2.05. The molecule has 1 N–H and O–H groups in total. The van der Waals surface area contributed by atoms with E-state index < -0.39 is 0 Å². The molecule has 0 atom stereocenters. The van der Waals surface area contributed by atoms with Gasteiger partial charge < -0.3 is 5.32 Å². The number of halogens is 2. The summed E-state index contributed by atoms with van der Waals surface area (Å²) in [4.78, 5) is 12.0. The topological polar surface area (TPSA) is 29.1 Å². The maximum Gasteiger partial charge on any atom is 0.253 e. The van der Waals surface area contributed by atoms with Crippen LogP contribution >= 0.6 is 23.2 Å². The number of benzene rings is 2. The molecule has 0 heterocycles. The number of carbonyl (C=O) groups excluding carboxylic acids is 1. The molecule has 4 heteroatoms. The maximum absolute atomic E-state index is 12.0. The monoisotopic (exact) mass is 293 g/mol. The molecule has 2 aromatic carbocycles. The van der Waals surface area contributed by atoms with Gasteiger partial charge in [0.2, 0.25) is 0 Å². The zero-order valence-electron chi connectivity index (χ0n) is 10.4. The summed E-state index contributed by atoms with van der Waals surface area (Å²) in [5, 5.41) is 3.48. The lowest BCUT2D eigenvalue weighted by atomic mass is 10.1. The van der Waals surface area contributed by atoms with Gasteiger partial charge in [0.25, 0.3) is 5.91 Å². The number of carbonyl (C=O) groups is 1. The Bertz CT molecular complexity index is 594. The van der Waals surface area contributed by atoms with Gasteiger partial charge in [0.05, 0.1) is 15.6 Å². The Hall–Kier alpha value is -1.51. The van der Waals surface area contributed by atoms with E-state index in [1.807, 2.05) is 31.2 Å². The molecule has 0 radical (unpaired) electrons. The van der Waals surface area contributed by atoms with E-state index in [4.69, 9.17) is 23.2 Å². The first-order chi connectivity index (χ1) is 9.08. The van der Waals surface area contributed by atoms with Crippen LogP contribution in [-0.4, -0.2) is 5.91 Å². The van der Waals surface area contributed by atoms with Crippen molar-refractivity contribution < 1.29 is 4.79 Å². The van der Waals surface area contributed by atoms with Crippen molar-refractivity contribution in [3.05, 3.63) is 69.2 Å². The molecule has 98 valence electrons. The van der Waals surface area contributed by atoms with Gasteiger partial charge in [-0.05, 0) is 24.6 Å². The zero-order valence-corrected chi connectivity index (χ0v) is 11.9. The second-order valence-corrected chi connectivity index (χ2v) is 5.05. The van der Waals surface area contributed by atoms with Crippen LogP contribution in [0.25, 0.3) is 0 Å². The molecule has 0 fully saturated rings. The van der Waals surface area contributed by atoms with Crippen molar-refractivity contribution in [3.8, 4) is 0 Å². The van der Waals surface area contributed by atoms with Gasteiger partial charge in [-0.15, -0.1) is 0 Å². The average Bonchev–Trinajstić information content (AvgIpc) is 2.41. The normalized spacial score (nSPS) is 10.3. The van der Waals surface area contributed by atoms with E-state index in [0.717, 1.165) is 5.56 Å². The van der Waals surface area contributed by atoms with Crippen LogP contribution in [0.4, 0.5) is 0 Å². The quantitative estimate of drug-likeness (QED) is 0.901. The highest BCUT2D eigenvalue weighted by molar-refractivity contribution is 6.43. The van der Waals surface area contributed by atoms with Crippen molar-refractivity contribution in [2.24, 2.45) is 0 Å². The van der Waals surface area contributed by atoms with Crippen LogP contribution in [0.1, 0.15) is 21.5 Å². The van der Waals surface area contributed by atoms with Crippen LogP contribution in [0.3, 0.4) is 0 Å². The Balaban J connectivity index is 2.05. The highest BCUT2D eigenvalue weighted by Gasteiger charge is 2.11.